The standard InChI is InChI=1S/C19H25N3O6S/c1-4-14-7-5-6-8-22(14)17(23)12-29(24,25)19-21-20-18(28-19)13-9-15(26-2)11-16(10-13)27-3/h9-11,14H,4-8,12H2,1-3H3. The number of methoxy groups -OCH3 is 2. The molecule has 1 aromatic heterocycles. The number of aromatic nitrogens is 2. The minimum absolute atomic E-state index is 0.00219. The molecule has 0 N–H and O–H groups in total. The van der Waals surface area contributed by atoms with E-state index in [1.165, 1.54) is 14.2 Å². The van der Waals surface area contributed by atoms with Crippen LogP contribution in [0.4, 0.5) is 0 Å². The summed E-state index contributed by atoms with van der Waals surface area (Å²) >= 11 is 0. The Morgan fingerprint density at radius 2 is 1.86 bits per heavy atom. The minimum Gasteiger partial charge on any atom is -0.497 e. The Morgan fingerprint density at radius 1 is 1.17 bits per heavy atom. The van der Waals surface area contributed by atoms with Crippen LogP contribution in [0, 0.1) is 0 Å². The summed E-state index contributed by atoms with van der Waals surface area (Å²) in [7, 11) is -1.06. The Hall–Kier alpha value is -2.62. The van der Waals surface area contributed by atoms with Crippen molar-refractivity contribution in [3.63, 3.8) is 0 Å². The second kappa shape index (κ2) is 8.81. The van der Waals surface area contributed by atoms with Crippen molar-refractivity contribution in [1.29, 1.82) is 0 Å². The van der Waals surface area contributed by atoms with Gasteiger partial charge in [-0.1, -0.05) is 12.0 Å². The van der Waals surface area contributed by atoms with E-state index < -0.39 is 26.7 Å². The number of hydrogen-bond donors (Lipinski definition) is 0. The summed E-state index contributed by atoms with van der Waals surface area (Å²) in [5.41, 5.74) is 0.448. The van der Waals surface area contributed by atoms with Crippen LogP contribution in [0.1, 0.15) is 32.6 Å². The lowest BCUT2D eigenvalue weighted by Gasteiger charge is -2.35. The molecule has 2 aromatic rings. The van der Waals surface area contributed by atoms with Crippen LogP contribution < -0.4 is 9.47 Å². The van der Waals surface area contributed by atoms with Crippen molar-refractivity contribution < 1.29 is 27.1 Å². The number of carbonyl (C=O) groups is 1. The van der Waals surface area contributed by atoms with Gasteiger partial charge in [-0.25, -0.2) is 8.42 Å². The highest BCUT2D eigenvalue weighted by molar-refractivity contribution is 7.91. The number of piperidine rings is 1. The molecule has 1 amide bonds. The molecule has 0 aliphatic carbocycles. The molecule has 1 fully saturated rings. The highest BCUT2D eigenvalue weighted by Crippen LogP contribution is 2.30. The van der Waals surface area contributed by atoms with Crippen molar-refractivity contribution in [3.8, 4) is 23.0 Å². The summed E-state index contributed by atoms with van der Waals surface area (Å²) in [5, 5.41) is 6.90. The van der Waals surface area contributed by atoms with Gasteiger partial charge in [-0.05, 0) is 37.8 Å². The predicted molar refractivity (Wildman–Crippen MR) is 105 cm³/mol. The fourth-order valence-electron chi connectivity index (χ4n) is 3.44. The summed E-state index contributed by atoms with van der Waals surface area (Å²) in [6.45, 7) is 2.57. The van der Waals surface area contributed by atoms with Gasteiger partial charge in [0.25, 0.3) is 0 Å². The van der Waals surface area contributed by atoms with E-state index in [1.807, 2.05) is 6.92 Å². The van der Waals surface area contributed by atoms with Gasteiger partial charge in [-0.2, -0.15) is 0 Å². The largest absolute Gasteiger partial charge is 0.497 e. The van der Waals surface area contributed by atoms with Crippen LogP contribution in [0.25, 0.3) is 11.5 Å². The van der Waals surface area contributed by atoms with Crippen molar-refractivity contribution in [2.45, 2.75) is 43.9 Å². The van der Waals surface area contributed by atoms with Gasteiger partial charge in [0.15, 0.2) is 0 Å². The van der Waals surface area contributed by atoms with Gasteiger partial charge in [-0.15, -0.1) is 5.10 Å². The van der Waals surface area contributed by atoms with E-state index in [9.17, 15) is 13.2 Å². The fourth-order valence-corrected chi connectivity index (χ4v) is 4.43. The smallest absolute Gasteiger partial charge is 0.336 e. The molecule has 0 bridgehead atoms. The first-order valence-corrected chi connectivity index (χ1v) is 11.1. The third-order valence-corrected chi connectivity index (χ3v) is 6.33. The summed E-state index contributed by atoms with van der Waals surface area (Å²) < 4.78 is 41.1. The van der Waals surface area contributed by atoms with Crippen LogP contribution in [0.5, 0.6) is 11.5 Å². The molecule has 1 aliphatic rings. The van der Waals surface area contributed by atoms with E-state index in [-0.39, 0.29) is 11.9 Å². The number of likely N-dealkylation sites (tertiary alicyclic amines) is 1. The number of carbonyl (C=O) groups excluding carboxylic acids is 1. The lowest BCUT2D eigenvalue weighted by atomic mass is 10.0. The van der Waals surface area contributed by atoms with Gasteiger partial charge >= 0.3 is 5.22 Å². The second-order valence-electron chi connectivity index (χ2n) is 6.88. The Kier molecular flexibility index (Phi) is 6.41. The topological polar surface area (TPSA) is 112 Å². The molecule has 0 radical (unpaired) electrons. The number of hydrogen-bond acceptors (Lipinski definition) is 8. The van der Waals surface area contributed by atoms with Crippen molar-refractivity contribution in [2.24, 2.45) is 0 Å². The molecule has 0 saturated carbocycles. The third kappa shape index (κ3) is 4.69. The second-order valence-corrected chi connectivity index (χ2v) is 8.75. The van der Waals surface area contributed by atoms with E-state index in [1.54, 1.807) is 23.1 Å². The molecular formula is C19H25N3O6S. The predicted octanol–water partition coefficient (Wildman–Crippen LogP) is 2.32. The minimum atomic E-state index is -4.05. The van der Waals surface area contributed by atoms with Crippen LogP contribution in [-0.2, 0) is 14.6 Å². The van der Waals surface area contributed by atoms with E-state index >= 15 is 0 Å². The van der Waals surface area contributed by atoms with E-state index in [4.69, 9.17) is 13.9 Å². The highest BCUT2D eigenvalue weighted by Gasteiger charge is 2.32. The SMILES string of the molecule is CCC1CCCCN1C(=O)CS(=O)(=O)c1nnc(-c2cc(OC)cc(OC)c2)o1. The van der Waals surface area contributed by atoms with Crippen LogP contribution in [0.15, 0.2) is 27.8 Å². The zero-order valence-corrected chi connectivity index (χ0v) is 17.6. The molecule has 158 valence electrons. The average molecular weight is 423 g/mol. The lowest BCUT2D eigenvalue weighted by Crippen LogP contribution is -2.45. The van der Waals surface area contributed by atoms with Crippen molar-refractivity contribution in [1.82, 2.24) is 15.1 Å². The molecule has 1 aliphatic heterocycles. The van der Waals surface area contributed by atoms with Crippen LogP contribution >= 0.6 is 0 Å². The number of amides is 1. The molecule has 1 atom stereocenters. The molecular weight excluding hydrogens is 398 g/mol. The molecule has 29 heavy (non-hydrogen) atoms. The molecule has 1 unspecified atom stereocenters. The first-order valence-electron chi connectivity index (χ1n) is 9.47. The zero-order valence-electron chi connectivity index (χ0n) is 16.8. The van der Waals surface area contributed by atoms with Gasteiger partial charge < -0.3 is 18.8 Å². The van der Waals surface area contributed by atoms with Gasteiger partial charge in [0.05, 0.1) is 14.2 Å². The normalized spacial score (nSPS) is 17.2. The first kappa shape index (κ1) is 21.1. The van der Waals surface area contributed by atoms with Gasteiger partial charge in [0.2, 0.25) is 21.6 Å². The maximum atomic E-state index is 12.7. The van der Waals surface area contributed by atoms with Crippen LogP contribution in [0.2, 0.25) is 0 Å². The van der Waals surface area contributed by atoms with E-state index in [2.05, 4.69) is 10.2 Å². The highest BCUT2D eigenvalue weighted by atomic mass is 32.2. The number of rotatable bonds is 7. The molecule has 2 heterocycles. The van der Waals surface area contributed by atoms with E-state index in [0.29, 0.717) is 23.6 Å². The number of benzene rings is 1. The number of nitrogens with zero attached hydrogens (tertiary/aromatic N) is 3. The summed E-state index contributed by atoms with van der Waals surface area (Å²) in [6, 6.07) is 4.99. The average Bonchev–Trinajstić information content (AvgIpc) is 3.24. The quantitative estimate of drug-likeness (QED) is 0.667. The maximum absolute atomic E-state index is 12.7. The monoisotopic (exact) mass is 423 g/mol. The van der Waals surface area contributed by atoms with E-state index in [0.717, 1.165) is 25.7 Å². The van der Waals surface area contributed by atoms with Crippen molar-refractivity contribution in [2.75, 3.05) is 26.5 Å². The fraction of sp³-hybridized carbons (Fsp3) is 0.526. The third-order valence-electron chi connectivity index (χ3n) is 5.00. The summed E-state index contributed by atoms with van der Waals surface area (Å²) in [5.74, 6) is -0.135. The van der Waals surface area contributed by atoms with Crippen LogP contribution in [0.3, 0.4) is 0 Å². The molecule has 3 rings (SSSR count). The number of ether oxygens (including phenoxy) is 2. The van der Waals surface area contributed by atoms with Gasteiger partial charge in [0.1, 0.15) is 17.3 Å². The van der Waals surface area contributed by atoms with Gasteiger partial charge in [0, 0.05) is 24.2 Å². The summed E-state index contributed by atoms with van der Waals surface area (Å²) in [6.07, 6.45) is 3.62. The zero-order chi connectivity index (χ0) is 21.0. The van der Waals surface area contributed by atoms with Crippen molar-refractivity contribution in [3.05, 3.63) is 18.2 Å². The molecule has 1 saturated heterocycles. The molecule has 9 nitrogen and oxygen atoms in total. The Balaban J connectivity index is 1.81. The first-order chi connectivity index (χ1) is 13.9. The molecule has 10 heteroatoms. The molecule has 1 aromatic carbocycles. The maximum Gasteiger partial charge on any atom is 0.336 e. The number of sulfone groups is 1. The lowest BCUT2D eigenvalue weighted by molar-refractivity contribution is -0.132. The Labute approximate surface area is 169 Å². The van der Waals surface area contributed by atoms with Crippen LogP contribution in [-0.4, -0.2) is 62.0 Å². The molecule has 0 spiro atoms. The Bertz CT molecular complexity index is 950. The van der Waals surface area contributed by atoms with Gasteiger partial charge in [-0.3, -0.25) is 4.79 Å². The van der Waals surface area contributed by atoms with Crippen molar-refractivity contribution >= 4 is 15.7 Å². The Morgan fingerprint density at radius 3 is 2.48 bits per heavy atom. The summed E-state index contributed by atoms with van der Waals surface area (Å²) in [4.78, 5) is 14.3.